The first-order chi connectivity index (χ1) is 28.8. The van der Waals surface area contributed by atoms with Crippen LogP contribution < -0.4 is 9.62 Å². The quantitative estimate of drug-likeness (QED) is 0.284. The molecule has 6 aliphatic rings. The topological polar surface area (TPSA) is 171 Å². The SMILES string of the molecule is CC[C@H]1C(=O)N2[C@H]3Nc4ccccc4[C@@]3(C34C[C@H]5C(=O)N(C)[C@@H](CC)C(=O)N5[C@H]3N(S(=O)(=O)c3ccccc3)c3ccccc34)C[C@H]2C(=O)N1C.O=S([O-])c1ccccc1. The molecule has 60 heavy (non-hydrogen) atoms. The molecule has 2 unspecified atom stereocenters. The van der Waals surface area contributed by atoms with Gasteiger partial charge in [-0.25, -0.2) is 12.7 Å². The van der Waals surface area contributed by atoms with Crippen LogP contribution >= 0.6 is 0 Å². The van der Waals surface area contributed by atoms with E-state index in [-0.39, 0.29) is 41.4 Å². The maximum atomic E-state index is 15.1. The van der Waals surface area contributed by atoms with E-state index in [9.17, 15) is 27.9 Å². The highest BCUT2D eigenvalue weighted by atomic mass is 32.2. The monoisotopic (exact) mass is 849 g/mol. The van der Waals surface area contributed by atoms with Crippen LogP contribution in [-0.4, -0.2) is 111 Å². The molecule has 4 aromatic carbocycles. The van der Waals surface area contributed by atoms with Gasteiger partial charge in [-0.3, -0.25) is 23.4 Å². The number of para-hydroxylation sites is 2. The van der Waals surface area contributed by atoms with E-state index in [1.165, 1.54) is 21.3 Å². The summed E-state index contributed by atoms with van der Waals surface area (Å²) < 4.78 is 52.1. The van der Waals surface area contributed by atoms with Crippen molar-refractivity contribution in [2.45, 2.75) is 96.7 Å². The second-order valence-electron chi connectivity index (χ2n) is 16.3. The number of sulfonamides is 1. The van der Waals surface area contributed by atoms with Crippen LogP contribution in [0.2, 0.25) is 0 Å². The Labute approximate surface area is 351 Å². The van der Waals surface area contributed by atoms with E-state index < -0.39 is 68.4 Å². The summed E-state index contributed by atoms with van der Waals surface area (Å²) in [6.45, 7) is 3.73. The first-order valence-corrected chi connectivity index (χ1v) is 22.7. The van der Waals surface area contributed by atoms with Gasteiger partial charge < -0.3 is 29.5 Å². The Balaban J connectivity index is 0.000000458. The molecule has 0 spiro atoms. The van der Waals surface area contributed by atoms with E-state index in [1.807, 2.05) is 50.2 Å². The molecule has 1 N–H and O–H groups in total. The van der Waals surface area contributed by atoms with Crippen LogP contribution in [-0.2, 0) is 51.1 Å². The number of nitrogens with one attached hydrogen (secondary N) is 1. The molecule has 0 bridgehead atoms. The van der Waals surface area contributed by atoms with Gasteiger partial charge in [0.15, 0.2) is 0 Å². The van der Waals surface area contributed by atoms with Crippen molar-refractivity contribution in [1.29, 1.82) is 0 Å². The van der Waals surface area contributed by atoms with Crippen molar-refractivity contribution in [2.24, 2.45) is 0 Å². The smallest absolute Gasteiger partial charge is 0.266 e. The van der Waals surface area contributed by atoms with Crippen LogP contribution in [0.5, 0.6) is 0 Å². The molecule has 312 valence electrons. The van der Waals surface area contributed by atoms with E-state index in [4.69, 9.17) is 0 Å². The van der Waals surface area contributed by atoms with Crippen LogP contribution in [0.1, 0.15) is 50.7 Å². The van der Waals surface area contributed by atoms with Crippen molar-refractivity contribution in [3.63, 3.8) is 0 Å². The number of anilines is 2. The van der Waals surface area contributed by atoms with E-state index in [0.29, 0.717) is 29.0 Å². The lowest BCUT2D eigenvalue weighted by molar-refractivity contribution is -0.159. The Morgan fingerprint density at radius 1 is 0.667 bits per heavy atom. The van der Waals surface area contributed by atoms with Gasteiger partial charge in [0.25, 0.3) is 10.0 Å². The summed E-state index contributed by atoms with van der Waals surface area (Å²) in [6, 6.07) is 28.2. The minimum atomic E-state index is -4.34. The highest BCUT2D eigenvalue weighted by Crippen LogP contribution is 2.71. The number of piperazine rings is 2. The normalized spacial score (nSPS) is 30.4. The second-order valence-corrected chi connectivity index (χ2v) is 19.0. The average molecular weight is 850 g/mol. The molecule has 10 rings (SSSR count). The Morgan fingerprint density at radius 3 is 1.75 bits per heavy atom. The molecule has 14 nitrogen and oxygen atoms in total. The van der Waals surface area contributed by atoms with Crippen molar-refractivity contribution < 1.29 is 36.4 Å². The molecule has 9 atom stereocenters. The number of amides is 4. The number of fused-ring (bicyclic) bond motifs is 11. The van der Waals surface area contributed by atoms with Crippen LogP contribution in [0.4, 0.5) is 11.4 Å². The highest BCUT2D eigenvalue weighted by molar-refractivity contribution is 7.93. The first kappa shape index (κ1) is 39.9. The fraction of sp³-hybridized carbons (Fsp3) is 0.364. The van der Waals surface area contributed by atoms with Crippen molar-refractivity contribution >= 4 is 56.1 Å². The summed E-state index contributed by atoms with van der Waals surface area (Å²) in [7, 11) is -1.04. The summed E-state index contributed by atoms with van der Waals surface area (Å²) in [5, 5.41) is 3.65. The highest BCUT2D eigenvalue weighted by Gasteiger charge is 2.80. The molecule has 16 heteroatoms. The molecule has 0 aliphatic carbocycles. The summed E-state index contributed by atoms with van der Waals surface area (Å²) in [5.41, 5.74) is 0.286. The third kappa shape index (κ3) is 5.19. The van der Waals surface area contributed by atoms with Gasteiger partial charge in [-0.15, -0.1) is 0 Å². The maximum Gasteiger partial charge on any atom is 0.266 e. The van der Waals surface area contributed by atoms with Crippen LogP contribution in [0.15, 0.2) is 119 Å². The number of nitrogens with zero attached hydrogens (tertiary/aromatic N) is 5. The lowest BCUT2D eigenvalue weighted by atomic mass is 9.54. The van der Waals surface area contributed by atoms with Gasteiger partial charge in [-0.1, -0.05) is 86.6 Å². The summed E-state index contributed by atoms with van der Waals surface area (Å²) in [5.74, 6) is -0.946. The Hall–Kier alpha value is -5.58. The predicted molar refractivity (Wildman–Crippen MR) is 221 cm³/mol. The number of hydrogen-bond acceptors (Lipinski definition) is 9. The summed E-state index contributed by atoms with van der Waals surface area (Å²) in [6.07, 6.45) is -0.882. The molecule has 6 aliphatic heterocycles. The minimum Gasteiger partial charge on any atom is -0.768 e. The Kier molecular flexibility index (Phi) is 9.48. The molecular formula is C44H45N6O8S2-. The Morgan fingerprint density at radius 2 is 1.17 bits per heavy atom. The van der Waals surface area contributed by atoms with Gasteiger partial charge >= 0.3 is 0 Å². The predicted octanol–water partition coefficient (Wildman–Crippen LogP) is 3.78. The van der Waals surface area contributed by atoms with Crippen LogP contribution in [0.3, 0.4) is 0 Å². The molecular weight excluding hydrogens is 805 g/mol. The van der Waals surface area contributed by atoms with Crippen LogP contribution in [0.25, 0.3) is 0 Å². The van der Waals surface area contributed by atoms with Crippen LogP contribution in [0, 0.1) is 0 Å². The van der Waals surface area contributed by atoms with Gasteiger partial charge in [0.1, 0.15) is 36.5 Å². The largest absolute Gasteiger partial charge is 0.768 e. The van der Waals surface area contributed by atoms with Gasteiger partial charge in [0.2, 0.25) is 23.6 Å². The number of carbonyl (C=O) groups is 4. The molecule has 0 radical (unpaired) electrons. The zero-order valence-electron chi connectivity index (χ0n) is 33.5. The van der Waals surface area contributed by atoms with Crippen molar-refractivity contribution in [1.82, 2.24) is 19.6 Å². The van der Waals surface area contributed by atoms with Crippen molar-refractivity contribution in [2.75, 3.05) is 23.7 Å². The summed E-state index contributed by atoms with van der Waals surface area (Å²) >= 11 is -2.08. The number of rotatable bonds is 6. The van der Waals surface area contributed by atoms with Gasteiger partial charge in [0, 0.05) is 24.7 Å². The van der Waals surface area contributed by atoms with Gasteiger partial charge in [-0.2, -0.15) is 0 Å². The molecule has 4 amide bonds. The standard InChI is InChI=1S/C38H40N6O6S.C6H6O2S/c1-5-26-33(47)42-29(31(45)40(26)3)20-37(23-16-10-12-18-25(23)39-35(37)42)38-21-30-32(46)41(4)27(6-2)34(48)43(30)36(38)44(28-19-13-11-17-24(28)38)51(49,50)22-14-8-7-9-15-22;7-9(8)6-4-2-1-3-5-6/h7-19,26-27,29-30,35-36,39H,5-6,20-21H2,1-4H3;1-5H,(H,7,8)/p-1/t26-,27-,29-,30-,35+,36-,37-,38?;/m0./s1. The fourth-order valence-corrected chi connectivity index (χ4v) is 13.4. The zero-order chi connectivity index (χ0) is 42.5. The number of hydrogen-bond donors (Lipinski definition) is 1. The molecule has 0 saturated carbocycles. The second kappa shape index (κ2) is 14.3. The summed E-state index contributed by atoms with van der Waals surface area (Å²) in [4.78, 5) is 64.8. The van der Waals surface area contributed by atoms with E-state index in [1.54, 1.807) is 89.5 Å². The van der Waals surface area contributed by atoms with E-state index in [2.05, 4.69) is 5.32 Å². The number of likely N-dealkylation sites (N-methyl/N-ethyl adjacent to an activating group) is 2. The zero-order valence-corrected chi connectivity index (χ0v) is 35.1. The lowest BCUT2D eigenvalue weighted by Crippen LogP contribution is -2.68. The van der Waals surface area contributed by atoms with Crippen molar-refractivity contribution in [3.05, 3.63) is 120 Å². The molecule has 4 fully saturated rings. The number of benzene rings is 4. The average Bonchev–Trinajstić information content (AvgIpc) is 3.97. The fourth-order valence-electron chi connectivity index (χ4n) is 11.3. The van der Waals surface area contributed by atoms with Crippen molar-refractivity contribution in [3.8, 4) is 0 Å². The Bertz CT molecular complexity index is 2560. The number of carbonyl (C=O) groups excluding carboxylic acids is 4. The van der Waals surface area contributed by atoms with Gasteiger partial charge in [-0.05, 0) is 84.3 Å². The van der Waals surface area contributed by atoms with E-state index >= 15 is 8.42 Å². The molecule has 6 heterocycles. The lowest BCUT2D eigenvalue weighted by Gasteiger charge is -2.50. The van der Waals surface area contributed by atoms with Gasteiger partial charge in [0.05, 0.1) is 21.4 Å². The third-order valence-corrected chi connectivity index (χ3v) is 16.2. The first-order valence-electron chi connectivity index (χ1n) is 20.1. The minimum absolute atomic E-state index is 0.0552. The molecule has 4 saturated heterocycles. The maximum absolute atomic E-state index is 15.1. The molecule has 4 aromatic rings. The molecule has 0 aromatic heterocycles. The third-order valence-electron chi connectivity index (χ3n) is 13.8. The van der Waals surface area contributed by atoms with E-state index in [0.717, 1.165) is 11.3 Å².